The van der Waals surface area contributed by atoms with Crippen molar-refractivity contribution >= 4 is 17.3 Å². The van der Waals surface area contributed by atoms with Crippen molar-refractivity contribution in [3.05, 3.63) is 24.3 Å². The van der Waals surface area contributed by atoms with Crippen molar-refractivity contribution < 1.29 is 9.90 Å². The highest BCUT2D eigenvalue weighted by molar-refractivity contribution is 5.90. The lowest BCUT2D eigenvalue weighted by Crippen LogP contribution is -2.30. The molecule has 0 spiro atoms. The van der Waals surface area contributed by atoms with Gasteiger partial charge in [0.2, 0.25) is 5.91 Å². The third-order valence-corrected chi connectivity index (χ3v) is 3.26. The minimum Gasteiger partial charge on any atom is -0.396 e. The Hall–Kier alpha value is -1.55. The van der Waals surface area contributed by atoms with Gasteiger partial charge in [0.1, 0.15) is 0 Å². The van der Waals surface area contributed by atoms with Crippen LogP contribution >= 0.6 is 0 Å². The van der Waals surface area contributed by atoms with Crippen molar-refractivity contribution in [1.82, 2.24) is 0 Å². The van der Waals surface area contributed by atoms with Crippen LogP contribution in [0.25, 0.3) is 0 Å². The molecule has 20 heavy (non-hydrogen) atoms. The highest BCUT2D eigenvalue weighted by Crippen LogP contribution is 2.20. The lowest BCUT2D eigenvalue weighted by molar-refractivity contribution is -0.116. The second-order valence-corrected chi connectivity index (χ2v) is 5.16. The zero-order chi connectivity index (χ0) is 15.0. The molecule has 4 nitrogen and oxygen atoms in total. The molecule has 0 atom stereocenters. The number of rotatable bonds is 8. The molecule has 112 valence electrons. The fourth-order valence-corrected chi connectivity index (χ4v) is 2.20. The number of nitrogens with zero attached hydrogens (tertiary/aromatic N) is 1. The van der Waals surface area contributed by atoms with Crippen LogP contribution in [0.15, 0.2) is 24.3 Å². The number of carbonyl (C=O) groups excluding carboxylic acids is 1. The fraction of sp³-hybridized carbons (Fsp3) is 0.562. The molecular weight excluding hydrogens is 252 g/mol. The normalized spacial score (nSPS) is 10.7. The zero-order valence-electron chi connectivity index (χ0n) is 12.7. The monoisotopic (exact) mass is 278 g/mol. The van der Waals surface area contributed by atoms with Crippen LogP contribution in [0.3, 0.4) is 0 Å². The number of benzene rings is 1. The SMILES string of the molecule is CCN(c1ccc(NC(=O)CCCCO)cc1)C(C)C. The highest BCUT2D eigenvalue weighted by atomic mass is 16.2. The molecule has 0 radical (unpaired) electrons. The van der Waals surface area contributed by atoms with E-state index in [1.807, 2.05) is 24.3 Å². The number of hydrogen-bond donors (Lipinski definition) is 2. The largest absolute Gasteiger partial charge is 0.396 e. The summed E-state index contributed by atoms with van der Waals surface area (Å²) >= 11 is 0. The van der Waals surface area contributed by atoms with E-state index in [0.29, 0.717) is 18.9 Å². The van der Waals surface area contributed by atoms with Crippen molar-refractivity contribution in [1.29, 1.82) is 0 Å². The molecule has 0 aliphatic heterocycles. The number of hydrogen-bond acceptors (Lipinski definition) is 3. The number of aliphatic hydroxyl groups is 1. The van der Waals surface area contributed by atoms with Crippen LogP contribution in [0.2, 0.25) is 0 Å². The van der Waals surface area contributed by atoms with Crippen molar-refractivity contribution in [3.63, 3.8) is 0 Å². The predicted octanol–water partition coefficient (Wildman–Crippen LogP) is 3.02. The van der Waals surface area contributed by atoms with E-state index in [2.05, 4.69) is 31.0 Å². The molecule has 1 amide bonds. The topological polar surface area (TPSA) is 52.6 Å². The number of aliphatic hydroxyl groups excluding tert-OH is 1. The second kappa shape index (κ2) is 8.59. The summed E-state index contributed by atoms with van der Waals surface area (Å²) < 4.78 is 0. The van der Waals surface area contributed by atoms with E-state index in [-0.39, 0.29) is 12.5 Å². The molecule has 4 heteroatoms. The third-order valence-electron chi connectivity index (χ3n) is 3.26. The maximum Gasteiger partial charge on any atom is 0.224 e. The molecule has 1 aromatic carbocycles. The molecule has 1 aromatic rings. The van der Waals surface area contributed by atoms with E-state index < -0.39 is 0 Å². The summed E-state index contributed by atoms with van der Waals surface area (Å²) in [6.45, 7) is 7.58. The molecule has 0 heterocycles. The number of nitrogens with one attached hydrogen (secondary N) is 1. The summed E-state index contributed by atoms with van der Waals surface area (Å²) in [7, 11) is 0. The van der Waals surface area contributed by atoms with E-state index in [1.54, 1.807) is 0 Å². The molecule has 0 aromatic heterocycles. The first-order valence-electron chi connectivity index (χ1n) is 7.36. The zero-order valence-corrected chi connectivity index (χ0v) is 12.7. The minimum atomic E-state index is 0.00223. The second-order valence-electron chi connectivity index (χ2n) is 5.16. The molecule has 0 saturated heterocycles. The van der Waals surface area contributed by atoms with Gasteiger partial charge in [-0.15, -0.1) is 0 Å². The molecule has 0 aliphatic rings. The van der Waals surface area contributed by atoms with E-state index in [1.165, 1.54) is 5.69 Å². The molecule has 0 unspecified atom stereocenters. The Morgan fingerprint density at radius 3 is 2.40 bits per heavy atom. The van der Waals surface area contributed by atoms with Gasteiger partial charge in [0.25, 0.3) is 0 Å². The molecule has 0 bridgehead atoms. The average molecular weight is 278 g/mol. The Bertz CT molecular complexity index is 401. The lowest BCUT2D eigenvalue weighted by Gasteiger charge is -2.27. The number of unbranched alkanes of at least 4 members (excludes halogenated alkanes) is 1. The third kappa shape index (κ3) is 5.21. The van der Waals surface area contributed by atoms with Gasteiger partial charge in [0.15, 0.2) is 0 Å². The Morgan fingerprint density at radius 1 is 1.25 bits per heavy atom. The predicted molar refractivity (Wildman–Crippen MR) is 84.2 cm³/mol. The van der Waals surface area contributed by atoms with Gasteiger partial charge in [-0.2, -0.15) is 0 Å². The van der Waals surface area contributed by atoms with Gasteiger partial charge in [-0.05, 0) is 57.9 Å². The summed E-state index contributed by atoms with van der Waals surface area (Å²) in [4.78, 5) is 14.0. The van der Waals surface area contributed by atoms with Gasteiger partial charge in [-0.25, -0.2) is 0 Å². The number of carbonyl (C=O) groups is 1. The average Bonchev–Trinajstić information content (AvgIpc) is 2.41. The van der Waals surface area contributed by atoms with Gasteiger partial charge >= 0.3 is 0 Å². The molecule has 0 saturated carbocycles. The summed E-state index contributed by atoms with van der Waals surface area (Å²) in [5, 5.41) is 11.6. The van der Waals surface area contributed by atoms with Crippen molar-refractivity contribution in [2.75, 3.05) is 23.4 Å². The van der Waals surface area contributed by atoms with E-state index >= 15 is 0 Å². The quantitative estimate of drug-likeness (QED) is 0.719. The molecule has 1 rings (SSSR count). The molecular formula is C16H26N2O2. The number of anilines is 2. The van der Waals surface area contributed by atoms with Gasteiger partial charge in [0.05, 0.1) is 0 Å². The lowest BCUT2D eigenvalue weighted by atomic mass is 10.2. The van der Waals surface area contributed by atoms with Gasteiger partial charge in [-0.3, -0.25) is 4.79 Å². The summed E-state index contributed by atoms with van der Waals surface area (Å²) in [5.41, 5.74) is 1.99. The van der Waals surface area contributed by atoms with Crippen molar-refractivity contribution in [2.24, 2.45) is 0 Å². The van der Waals surface area contributed by atoms with Crippen LogP contribution in [-0.2, 0) is 4.79 Å². The molecule has 2 N–H and O–H groups in total. The maximum absolute atomic E-state index is 11.7. The van der Waals surface area contributed by atoms with Crippen LogP contribution < -0.4 is 10.2 Å². The van der Waals surface area contributed by atoms with E-state index in [0.717, 1.165) is 18.7 Å². The van der Waals surface area contributed by atoms with Crippen LogP contribution in [0.4, 0.5) is 11.4 Å². The Kier molecular flexibility index (Phi) is 7.09. The Labute approximate surface area is 121 Å². The van der Waals surface area contributed by atoms with Crippen LogP contribution in [0, 0.1) is 0 Å². The fourth-order valence-electron chi connectivity index (χ4n) is 2.20. The van der Waals surface area contributed by atoms with Crippen LogP contribution in [-0.4, -0.2) is 30.2 Å². The Morgan fingerprint density at radius 2 is 1.90 bits per heavy atom. The molecule has 0 fully saturated rings. The first-order chi connectivity index (χ1) is 9.58. The summed E-state index contributed by atoms with van der Waals surface area (Å²) in [5.74, 6) is 0.00223. The highest BCUT2D eigenvalue weighted by Gasteiger charge is 2.08. The van der Waals surface area contributed by atoms with Crippen LogP contribution in [0.1, 0.15) is 40.0 Å². The minimum absolute atomic E-state index is 0.00223. The Balaban J connectivity index is 2.56. The van der Waals surface area contributed by atoms with Gasteiger partial charge in [0, 0.05) is 37.0 Å². The van der Waals surface area contributed by atoms with Crippen molar-refractivity contribution in [2.45, 2.75) is 46.1 Å². The summed E-state index contributed by atoms with van der Waals surface area (Å²) in [6.07, 6.45) is 1.85. The maximum atomic E-state index is 11.7. The van der Waals surface area contributed by atoms with E-state index in [4.69, 9.17) is 5.11 Å². The first kappa shape index (κ1) is 16.5. The number of amides is 1. The molecule has 0 aliphatic carbocycles. The van der Waals surface area contributed by atoms with Gasteiger partial charge in [-0.1, -0.05) is 0 Å². The van der Waals surface area contributed by atoms with Crippen molar-refractivity contribution in [3.8, 4) is 0 Å². The van der Waals surface area contributed by atoms with E-state index in [9.17, 15) is 4.79 Å². The standard InChI is InChI=1S/C16H26N2O2/c1-4-18(13(2)3)15-10-8-14(9-11-15)17-16(20)7-5-6-12-19/h8-11,13,19H,4-7,12H2,1-3H3,(H,17,20). The first-order valence-corrected chi connectivity index (χ1v) is 7.36. The van der Waals surface area contributed by atoms with Gasteiger partial charge < -0.3 is 15.3 Å². The smallest absolute Gasteiger partial charge is 0.224 e. The van der Waals surface area contributed by atoms with Crippen LogP contribution in [0.5, 0.6) is 0 Å². The summed E-state index contributed by atoms with van der Waals surface area (Å²) in [6, 6.07) is 8.40.